The fourth-order valence-electron chi connectivity index (χ4n) is 2.76. The van der Waals surface area contributed by atoms with Crippen LogP contribution in [0.5, 0.6) is 0 Å². The van der Waals surface area contributed by atoms with Crippen molar-refractivity contribution in [3.63, 3.8) is 0 Å². The van der Waals surface area contributed by atoms with E-state index < -0.39 is 17.8 Å². The van der Waals surface area contributed by atoms with Gasteiger partial charge in [-0.25, -0.2) is 9.89 Å². The molecule has 9 heteroatoms. The van der Waals surface area contributed by atoms with Crippen molar-refractivity contribution in [1.82, 2.24) is 15.5 Å². The summed E-state index contributed by atoms with van der Waals surface area (Å²) in [6, 6.07) is 4.99. The molecule has 6 nitrogen and oxygen atoms in total. The zero-order valence-electron chi connectivity index (χ0n) is 13.0. The molecule has 25 heavy (non-hydrogen) atoms. The van der Waals surface area contributed by atoms with Gasteiger partial charge in [-0.15, -0.1) is 0 Å². The number of carbonyl (C=O) groups is 1. The Morgan fingerprint density at radius 2 is 1.96 bits per heavy atom. The van der Waals surface area contributed by atoms with Crippen molar-refractivity contribution in [1.29, 1.82) is 0 Å². The number of H-pyrrole nitrogens is 1. The number of aromatic nitrogens is 2. The number of aromatic amines is 1. The standard InChI is InChI=1S/C16H15F3N4O2/c17-16(18,19)10-1-3-11(4-2-10)20-15(25)21-12-5-6-13-9(7-12)8-14(24)23-22-13/h1-4,8,12H,5-7H2,(H,23,24)(H2,20,21,25). The molecule has 0 bridgehead atoms. The van der Waals surface area contributed by atoms with Crippen LogP contribution < -0.4 is 16.2 Å². The van der Waals surface area contributed by atoms with Gasteiger partial charge in [-0.05, 0) is 49.1 Å². The third-order valence-electron chi connectivity index (χ3n) is 3.98. The molecule has 0 saturated heterocycles. The summed E-state index contributed by atoms with van der Waals surface area (Å²) in [6.45, 7) is 0. The minimum atomic E-state index is -4.41. The lowest BCUT2D eigenvalue weighted by atomic mass is 9.92. The number of fused-ring (bicyclic) bond motifs is 1. The van der Waals surface area contributed by atoms with Crippen LogP contribution in [-0.4, -0.2) is 22.3 Å². The number of aryl methyl sites for hydroxylation is 1. The summed E-state index contributed by atoms with van der Waals surface area (Å²) in [7, 11) is 0. The van der Waals surface area contributed by atoms with Crippen LogP contribution in [0.15, 0.2) is 35.1 Å². The quantitative estimate of drug-likeness (QED) is 0.776. The van der Waals surface area contributed by atoms with Gasteiger partial charge in [0.05, 0.1) is 11.3 Å². The molecule has 3 N–H and O–H groups in total. The van der Waals surface area contributed by atoms with Crippen LogP contribution in [0.1, 0.15) is 23.2 Å². The predicted octanol–water partition coefficient (Wildman–Crippen LogP) is 2.47. The summed E-state index contributed by atoms with van der Waals surface area (Å²) >= 11 is 0. The van der Waals surface area contributed by atoms with Gasteiger partial charge in [0.25, 0.3) is 5.56 Å². The Labute approximate surface area is 140 Å². The Morgan fingerprint density at radius 3 is 2.64 bits per heavy atom. The van der Waals surface area contributed by atoms with Gasteiger partial charge in [-0.3, -0.25) is 4.79 Å². The number of anilines is 1. The Morgan fingerprint density at radius 1 is 1.24 bits per heavy atom. The average Bonchev–Trinajstić information content (AvgIpc) is 2.54. The van der Waals surface area contributed by atoms with E-state index in [0.29, 0.717) is 19.3 Å². The fourth-order valence-corrected chi connectivity index (χ4v) is 2.76. The van der Waals surface area contributed by atoms with E-state index in [-0.39, 0.29) is 17.3 Å². The Bertz CT molecular complexity index is 831. The lowest BCUT2D eigenvalue weighted by molar-refractivity contribution is -0.137. The normalized spacial score (nSPS) is 16.8. The summed E-state index contributed by atoms with van der Waals surface area (Å²) in [5, 5.41) is 11.6. The molecule has 0 fully saturated rings. The largest absolute Gasteiger partial charge is 0.416 e. The molecule has 0 spiro atoms. The van der Waals surface area contributed by atoms with E-state index in [1.54, 1.807) is 0 Å². The van der Waals surface area contributed by atoms with Gasteiger partial charge in [0.2, 0.25) is 0 Å². The van der Waals surface area contributed by atoms with Crippen molar-refractivity contribution >= 4 is 11.7 Å². The summed E-state index contributed by atoms with van der Waals surface area (Å²) in [6.07, 6.45) is -2.65. The van der Waals surface area contributed by atoms with E-state index in [2.05, 4.69) is 20.8 Å². The zero-order chi connectivity index (χ0) is 18.0. The Kier molecular flexibility index (Phi) is 4.47. The van der Waals surface area contributed by atoms with Gasteiger partial charge in [0.1, 0.15) is 0 Å². The first-order chi connectivity index (χ1) is 11.8. The minimum absolute atomic E-state index is 0.175. The number of alkyl halides is 3. The molecule has 3 rings (SSSR count). The van der Waals surface area contributed by atoms with E-state index in [1.165, 1.54) is 18.2 Å². The molecule has 132 valence electrons. The molecule has 2 amide bonds. The molecule has 0 saturated carbocycles. The van der Waals surface area contributed by atoms with Crippen molar-refractivity contribution in [3.05, 3.63) is 57.5 Å². The van der Waals surface area contributed by atoms with Crippen LogP contribution in [0, 0.1) is 0 Å². The second kappa shape index (κ2) is 6.58. The number of rotatable bonds is 2. The van der Waals surface area contributed by atoms with Gasteiger partial charge in [-0.1, -0.05) is 0 Å². The molecule has 1 aliphatic carbocycles. The Hall–Kier alpha value is -2.84. The fraction of sp³-hybridized carbons (Fsp3) is 0.312. The second-order valence-corrected chi connectivity index (χ2v) is 5.82. The Balaban J connectivity index is 1.59. The van der Waals surface area contributed by atoms with E-state index in [1.807, 2.05) is 0 Å². The molecule has 1 unspecified atom stereocenters. The van der Waals surface area contributed by atoms with Crippen LogP contribution in [0.3, 0.4) is 0 Å². The average molecular weight is 352 g/mol. The van der Waals surface area contributed by atoms with Crippen LogP contribution in [-0.2, 0) is 19.0 Å². The topological polar surface area (TPSA) is 86.9 Å². The zero-order valence-corrected chi connectivity index (χ0v) is 13.0. The van der Waals surface area contributed by atoms with Gasteiger partial charge >= 0.3 is 12.2 Å². The summed E-state index contributed by atoms with van der Waals surface area (Å²) in [5.74, 6) is 0. The number of hydrogen-bond acceptors (Lipinski definition) is 3. The monoisotopic (exact) mass is 352 g/mol. The highest BCUT2D eigenvalue weighted by atomic mass is 19.4. The number of carbonyl (C=O) groups excluding carboxylic acids is 1. The van der Waals surface area contributed by atoms with Crippen LogP contribution in [0.2, 0.25) is 0 Å². The van der Waals surface area contributed by atoms with Crippen LogP contribution >= 0.6 is 0 Å². The highest BCUT2D eigenvalue weighted by Crippen LogP contribution is 2.29. The van der Waals surface area contributed by atoms with Crippen LogP contribution in [0.25, 0.3) is 0 Å². The maximum absolute atomic E-state index is 12.5. The first-order valence-electron chi connectivity index (χ1n) is 7.63. The molecule has 1 atom stereocenters. The van der Waals surface area contributed by atoms with E-state index in [9.17, 15) is 22.8 Å². The highest BCUT2D eigenvalue weighted by molar-refractivity contribution is 5.89. The second-order valence-electron chi connectivity index (χ2n) is 5.82. The number of amides is 2. The van der Waals surface area contributed by atoms with Crippen molar-refractivity contribution in [2.75, 3.05) is 5.32 Å². The third-order valence-corrected chi connectivity index (χ3v) is 3.98. The number of nitrogens with zero attached hydrogens (tertiary/aromatic N) is 1. The van der Waals surface area contributed by atoms with E-state index in [4.69, 9.17) is 0 Å². The molecule has 1 aromatic carbocycles. The third kappa shape index (κ3) is 4.17. The molecular formula is C16H15F3N4O2. The molecular weight excluding hydrogens is 337 g/mol. The highest BCUT2D eigenvalue weighted by Gasteiger charge is 2.30. The lowest BCUT2D eigenvalue weighted by Gasteiger charge is -2.24. The van der Waals surface area contributed by atoms with Crippen molar-refractivity contribution in [2.24, 2.45) is 0 Å². The van der Waals surface area contributed by atoms with Crippen molar-refractivity contribution in [2.45, 2.75) is 31.5 Å². The molecule has 0 aliphatic heterocycles. The van der Waals surface area contributed by atoms with Gasteiger partial charge in [0.15, 0.2) is 0 Å². The number of benzene rings is 1. The smallest absolute Gasteiger partial charge is 0.335 e. The van der Waals surface area contributed by atoms with E-state index in [0.717, 1.165) is 23.4 Å². The molecule has 0 radical (unpaired) electrons. The first kappa shape index (κ1) is 17.0. The van der Waals surface area contributed by atoms with Gasteiger partial charge in [-0.2, -0.15) is 18.3 Å². The summed E-state index contributed by atoms with van der Waals surface area (Å²) < 4.78 is 37.5. The molecule has 1 aromatic heterocycles. The van der Waals surface area contributed by atoms with E-state index >= 15 is 0 Å². The summed E-state index contributed by atoms with van der Waals surface area (Å²) in [5.41, 5.74) is 0.782. The maximum atomic E-state index is 12.5. The summed E-state index contributed by atoms with van der Waals surface area (Å²) in [4.78, 5) is 23.3. The number of hydrogen-bond donors (Lipinski definition) is 3. The molecule has 1 aliphatic rings. The van der Waals surface area contributed by atoms with Gasteiger partial charge < -0.3 is 10.6 Å². The minimum Gasteiger partial charge on any atom is -0.335 e. The lowest BCUT2D eigenvalue weighted by Crippen LogP contribution is -2.41. The maximum Gasteiger partial charge on any atom is 0.416 e. The SMILES string of the molecule is O=C(Nc1ccc(C(F)(F)F)cc1)NC1CCc2n[nH]c(=O)cc2C1. The first-order valence-corrected chi connectivity index (χ1v) is 7.63. The molecule has 1 heterocycles. The van der Waals surface area contributed by atoms with Crippen molar-refractivity contribution < 1.29 is 18.0 Å². The van der Waals surface area contributed by atoms with Crippen molar-refractivity contribution in [3.8, 4) is 0 Å². The number of nitrogens with one attached hydrogen (secondary N) is 3. The molecule has 2 aromatic rings. The predicted molar refractivity (Wildman–Crippen MR) is 84.3 cm³/mol. The van der Waals surface area contributed by atoms with Gasteiger partial charge in [0, 0.05) is 17.8 Å². The number of urea groups is 1. The number of halogens is 3. The van der Waals surface area contributed by atoms with Crippen LogP contribution in [0.4, 0.5) is 23.7 Å².